The molecule has 0 aliphatic carbocycles. The number of imidazole rings is 1. The number of nitrogens with zero attached hydrogens (tertiary/aromatic N) is 2. The summed E-state index contributed by atoms with van der Waals surface area (Å²) in [5.41, 5.74) is -1.05. The van der Waals surface area contributed by atoms with Gasteiger partial charge < -0.3 is 9.30 Å². The third-order valence-electron chi connectivity index (χ3n) is 2.73. The molecule has 0 unspecified atom stereocenters. The number of esters is 1. The monoisotopic (exact) mass is 302 g/mol. The van der Waals surface area contributed by atoms with Crippen LogP contribution in [0, 0.1) is 5.82 Å². The summed E-state index contributed by atoms with van der Waals surface area (Å²) in [6.45, 7) is 0.0212. The van der Waals surface area contributed by atoms with Gasteiger partial charge in [0.1, 0.15) is 5.82 Å². The zero-order valence-electron chi connectivity index (χ0n) is 10.8. The van der Waals surface area contributed by atoms with E-state index in [4.69, 9.17) is 0 Å². The van der Waals surface area contributed by atoms with E-state index in [1.165, 1.54) is 30.3 Å². The molecular formula is C13H10F4N2O2. The molecule has 0 amide bonds. The quantitative estimate of drug-likeness (QED) is 0.647. The lowest BCUT2D eigenvalue weighted by molar-refractivity contribution is -0.140. The predicted octanol–water partition coefficient (Wildman–Crippen LogP) is 2.88. The second-order valence-electron chi connectivity index (χ2n) is 4.23. The molecule has 1 heterocycles. The van der Waals surface area contributed by atoms with Gasteiger partial charge in [-0.2, -0.15) is 13.2 Å². The van der Waals surface area contributed by atoms with Crippen LogP contribution in [-0.4, -0.2) is 22.6 Å². The summed E-state index contributed by atoms with van der Waals surface area (Å²) in [4.78, 5) is 15.0. The zero-order valence-corrected chi connectivity index (χ0v) is 10.8. The van der Waals surface area contributed by atoms with E-state index in [1.54, 1.807) is 0 Å². The van der Waals surface area contributed by atoms with Crippen molar-refractivity contribution in [2.24, 2.45) is 0 Å². The van der Waals surface area contributed by atoms with Crippen LogP contribution in [0.15, 0.2) is 30.7 Å². The van der Waals surface area contributed by atoms with E-state index in [-0.39, 0.29) is 17.8 Å². The van der Waals surface area contributed by atoms with Gasteiger partial charge in [0.25, 0.3) is 0 Å². The molecule has 0 saturated carbocycles. The Balaban J connectivity index is 2.24. The molecular weight excluding hydrogens is 292 g/mol. The van der Waals surface area contributed by atoms with Crippen molar-refractivity contribution in [2.75, 3.05) is 7.11 Å². The van der Waals surface area contributed by atoms with Crippen LogP contribution in [0.1, 0.15) is 21.6 Å². The molecule has 0 radical (unpaired) electrons. The van der Waals surface area contributed by atoms with Crippen LogP contribution < -0.4 is 0 Å². The minimum absolute atomic E-state index is 0.0212. The molecule has 0 spiro atoms. The molecule has 0 fully saturated rings. The Labute approximate surface area is 117 Å². The second-order valence-corrected chi connectivity index (χ2v) is 4.23. The highest BCUT2D eigenvalue weighted by Gasteiger charge is 2.34. The highest BCUT2D eigenvalue weighted by molar-refractivity contribution is 5.86. The largest absolute Gasteiger partial charge is 0.464 e. The van der Waals surface area contributed by atoms with E-state index in [2.05, 4.69) is 9.72 Å². The van der Waals surface area contributed by atoms with Gasteiger partial charge in [-0.05, 0) is 17.7 Å². The molecule has 2 rings (SSSR count). The normalized spacial score (nSPS) is 11.5. The Morgan fingerprint density at radius 2 is 2.10 bits per heavy atom. The molecule has 8 heteroatoms. The lowest BCUT2D eigenvalue weighted by Gasteiger charge is -2.10. The highest BCUT2D eigenvalue weighted by Crippen LogP contribution is 2.32. The predicted molar refractivity (Wildman–Crippen MR) is 64.1 cm³/mol. The average Bonchev–Trinajstić information content (AvgIpc) is 2.87. The fourth-order valence-corrected chi connectivity index (χ4v) is 1.76. The first-order valence-electron chi connectivity index (χ1n) is 5.77. The summed E-state index contributed by atoms with van der Waals surface area (Å²) < 4.78 is 56.8. The van der Waals surface area contributed by atoms with Gasteiger partial charge >= 0.3 is 12.1 Å². The van der Waals surface area contributed by atoms with Crippen LogP contribution in [0.4, 0.5) is 17.6 Å². The van der Waals surface area contributed by atoms with E-state index in [0.29, 0.717) is 0 Å². The van der Waals surface area contributed by atoms with E-state index >= 15 is 0 Å². The smallest absolute Gasteiger partial charge is 0.419 e. The van der Waals surface area contributed by atoms with Crippen LogP contribution >= 0.6 is 0 Å². The topological polar surface area (TPSA) is 44.1 Å². The molecule has 0 saturated heterocycles. The summed E-state index contributed by atoms with van der Waals surface area (Å²) in [6.07, 6.45) is -2.14. The molecule has 0 aliphatic heterocycles. The third-order valence-corrected chi connectivity index (χ3v) is 2.73. The number of rotatable bonds is 3. The Morgan fingerprint density at radius 3 is 2.71 bits per heavy atom. The summed E-state index contributed by atoms with van der Waals surface area (Å²) in [6, 6.07) is 2.73. The van der Waals surface area contributed by atoms with Gasteiger partial charge in [0.2, 0.25) is 0 Å². The van der Waals surface area contributed by atoms with Gasteiger partial charge in [-0.1, -0.05) is 6.07 Å². The number of halogens is 4. The van der Waals surface area contributed by atoms with Crippen molar-refractivity contribution in [1.29, 1.82) is 0 Å². The number of alkyl halides is 3. The van der Waals surface area contributed by atoms with Crippen molar-refractivity contribution < 1.29 is 27.1 Å². The van der Waals surface area contributed by atoms with E-state index in [0.717, 1.165) is 12.1 Å². The van der Waals surface area contributed by atoms with Gasteiger partial charge in [0, 0.05) is 12.7 Å². The second kappa shape index (κ2) is 5.55. The number of methoxy groups -OCH3 is 1. The Hall–Kier alpha value is -2.38. The fraction of sp³-hybridized carbons (Fsp3) is 0.231. The molecule has 0 bridgehead atoms. The molecule has 2 aromatic rings. The van der Waals surface area contributed by atoms with Crippen molar-refractivity contribution in [3.63, 3.8) is 0 Å². The maximum absolute atomic E-state index is 13.2. The molecule has 1 aromatic heterocycles. The number of carbonyl (C=O) groups excluding carboxylic acids is 1. The number of benzene rings is 1. The van der Waals surface area contributed by atoms with Crippen LogP contribution in [0.5, 0.6) is 0 Å². The number of aromatic nitrogens is 2. The molecule has 1 aromatic carbocycles. The molecule has 0 atom stereocenters. The molecule has 0 N–H and O–H groups in total. The van der Waals surface area contributed by atoms with Gasteiger partial charge in [-0.15, -0.1) is 0 Å². The van der Waals surface area contributed by atoms with E-state index in [9.17, 15) is 22.4 Å². The lowest BCUT2D eigenvalue weighted by atomic mass is 10.1. The molecule has 0 aliphatic rings. The van der Waals surface area contributed by atoms with Crippen molar-refractivity contribution in [3.05, 3.63) is 53.4 Å². The number of ether oxygens (including phenoxy) is 1. The summed E-state index contributed by atoms with van der Waals surface area (Å²) >= 11 is 0. The van der Waals surface area contributed by atoms with Gasteiger partial charge in [0.05, 0.1) is 19.0 Å². The van der Waals surface area contributed by atoms with Crippen LogP contribution in [0.2, 0.25) is 0 Å². The Bertz CT molecular complexity index is 664. The van der Waals surface area contributed by atoms with E-state index < -0.39 is 23.5 Å². The van der Waals surface area contributed by atoms with Crippen LogP contribution in [-0.2, 0) is 17.5 Å². The van der Waals surface area contributed by atoms with Gasteiger partial charge in [0.15, 0.2) is 5.69 Å². The summed E-state index contributed by atoms with van der Waals surface area (Å²) in [5, 5.41) is 0. The Kier molecular flexibility index (Phi) is 3.97. The van der Waals surface area contributed by atoms with Crippen LogP contribution in [0.25, 0.3) is 0 Å². The first-order chi connectivity index (χ1) is 9.81. The molecule has 21 heavy (non-hydrogen) atoms. The maximum atomic E-state index is 13.2. The van der Waals surface area contributed by atoms with Crippen molar-refractivity contribution >= 4 is 5.97 Å². The molecule has 112 valence electrons. The molecule has 4 nitrogen and oxygen atoms in total. The van der Waals surface area contributed by atoms with Gasteiger partial charge in [-0.25, -0.2) is 14.2 Å². The number of hydrogen-bond acceptors (Lipinski definition) is 3. The third kappa shape index (κ3) is 3.39. The average molecular weight is 302 g/mol. The van der Waals surface area contributed by atoms with E-state index in [1.807, 2.05) is 0 Å². The zero-order chi connectivity index (χ0) is 15.6. The first-order valence-corrected chi connectivity index (χ1v) is 5.77. The minimum Gasteiger partial charge on any atom is -0.464 e. The fourth-order valence-electron chi connectivity index (χ4n) is 1.76. The van der Waals surface area contributed by atoms with Gasteiger partial charge in [-0.3, -0.25) is 0 Å². The minimum atomic E-state index is -4.76. The SMILES string of the molecule is COC(=O)c1cn(Cc2ccc(F)c(C(F)(F)F)c2)cn1. The number of hydrogen-bond donors (Lipinski definition) is 0. The maximum Gasteiger partial charge on any atom is 0.419 e. The van der Waals surface area contributed by atoms with Crippen molar-refractivity contribution in [3.8, 4) is 0 Å². The number of carbonyl (C=O) groups is 1. The van der Waals surface area contributed by atoms with Crippen molar-refractivity contribution in [2.45, 2.75) is 12.7 Å². The summed E-state index contributed by atoms with van der Waals surface area (Å²) in [7, 11) is 1.19. The Morgan fingerprint density at radius 1 is 1.38 bits per heavy atom. The van der Waals surface area contributed by atoms with Crippen LogP contribution in [0.3, 0.4) is 0 Å². The lowest BCUT2D eigenvalue weighted by Crippen LogP contribution is -2.09. The van der Waals surface area contributed by atoms with Crippen molar-refractivity contribution in [1.82, 2.24) is 9.55 Å². The highest BCUT2D eigenvalue weighted by atomic mass is 19.4. The summed E-state index contributed by atoms with van der Waals surface area (Å²) in [5.74, 6) is -1.98. The first kappa shape index (κ1) is 15.0. The standard InChI is InChI=1S/C13H10F4N2O2/c1-21-12(20)11-6-19(7-18-11)5-8-2-3-10(14)9(4-8)13(15,16)17/h2-4,6-7H,5H2,1H3.